The van der Waals surface area contributed by atoms with E-state index in [-0.39, 0.29) is 5.91 Å². The van der Waals surface area contributed by atoms with Crippen LogP contribution in [0.15, 0.2) is 4.99 Å². The van der Waals surface area contributed by atoms with Gasteiger partial charge < -0.3 is 15.5 Å². The third-order valence-corrected chi connectivity index (χ3v) is 4.61. The van der Waals surface area contributed by atoms with Gasteiger partial charge in [0.05, 0.1) is 0 Å². The van der Waals surface area contributed by atoms with Gasteiger partial charge in [-0.3, -0.25) is 9.79 Å². The number of carbonyl (C=O) groups excluding carboxylic acids is 1. The summed E-state index contributed by atoms with van der Waals surface area (Å²) in [7, 11) is 0. The largest absolute Gasteiger partial charge is 0.357 e. The molecule has 0 bridgehead atoms. The summed E-state index contributed by atoms with van der Waals surface area (Å²) in [5.74, 6) is 1.98. The van der Waals surface area contributed by atoms with Gasteiger partial charge in [-0.2, -0.15) is 0 Å². The van der Waals surface area contributed by atoms with Crippen LogP contribution in [-0.2, 0) is 4.79 Å². The third kappa shape index (κ3) is 8.24. The maximum atomic E-state index is 12.0. The molecule has 2 N–H and O–H groups in total. The van der Waals surface area contributed by atoms with E-state index in [1.54, 1.807) is 0 Å². The standard InChI is InChI=1S/C18H36N4O/c1-4-19-18(20-14-9-12-16-10-7-8-11-16)21-15-13-17(23)22(5-2)6-3/h16H,4-15H2,1-3H3,(H2,19,20,21). The van der Waals surface area contributed by atoms with Crippen molar-refractivity contribution in [3.8, 4) is 0 Å². The SMILES string of the molecule is CCNC(=NCCCC1CCCC1)NCCC(=O)N(CC)CC. The first-order valence-electron chi connectivity index (χ1n) is 9.51. The monoisotopic (exact) mass is 324 g/mol. The van der Waals surface area contributed by atoms with E-state index >= 15 is 0 Å². The summed E-state index contributed by atoms with van der Waals surface area (Å²) in [6.45, 7) is 10.0. The molecule has 5 heteroatoms. The van der Waals surface area contributed by atoms with Crippen molar-refractivity contribution < 1.29 is 4.79 Å². The van der Waals surface area contributed by atoms with Gasteiger partial charge in [0, 0.05) is 39.1 Å². The van der Waals surface area contributed by atoms with Crippen molar-refractivity contribution >= 4 is 11.9 Å². The molecule has 0 atom stereocenters. The second kappa shape index (κ2) is 12.2. The molecule has 0 saturated heterocycles. The highest BCUT2D eigenvalue weighted by Gasteiger charge is 2.14. The van der Waals surface area contributed by atoms with Crippen molar-refractivity contribution in [2.24, 2.45) is 10.9 Å². The highest BCUT2D eigenvalue weighted by molar-refractivity contribution is 5.81. The second-order valence-corrected chi connectivity index (χ2v) is 6.30. The molecular weight excluding hydrogens is 288 g/mol. The number of hydrogen-bond acceptors (Lipinski definition) is 2. The number of hydrogen-bond donors (Lipinski definition) is 2. The number of nitrogens with zero attached hydrogens (tertiary/aromatic N) is 2. The van der Waals surface area contributed by atoms with Crippen molar-refractivity contribution in [3.05, 3.63) is 0 Å². The van der Waals surface area contributed by atoms with Crippen LogP contribution < -0.4 is 10.6 Å². The maximum Gasteiger partial charge on any atom is 0.224 e. The molecule has 0 heterocycles. The van der Waals surface area contributed by atoms with Gasteiger partial charge in [-0.1, -0.05) is 25.7 Å². The highest BCUT2D eigenvalue weighted by Crippen LogP contribution is 2.28. The fourth-order valence-corrected chi connectivity index (χ4v) is 3.23. The minimum atomic E-state index is 0.208. The van der Waals surface area contributed by atoms with Gasteiger partial charge in [-0.05, 0) is 39.5 Å². The van der Waals surface area contributed by atoms with Crippen LogP contribution in [0.4, 0.5) is 0 Å². The smallest absolute Gasteiger partial charge is 0.224 e. The molecule has 0 radical (unpaired) electrons. The zero-order valence-corrected chi connectivity index (χ0v) is 15.4. The molecule has 0 aliphatic heterocycles. The van der Waals surface area contributed by atoms with Gasteiger partial charge in [0.1, 0.15) is 0 Å². The normalized spacial score (nSPS) is 15.7. The molecule has 23 heavy (non-hydrogen) atoms. The molecule has 1 aliphatic rings. The number of carbonyl (C=O) groups is 1. The predicted molar refractivity (Wildman–Crippen MR) is 97.7 cm³/mol. The molecule has 0 aromatic heterocycles. The van der Waals surface area contributed by atoms with E-state index in [4.69, 9.17) is 0 Å². The molecule has 5 nitrogen and oxygen atoms in total. The van der Waals surface area contributed by atoms with Crippen molar-refractivity contribution in [3.63, 3.8) is 0 Å². The molecule has 0 spiro atoms. The van der Waals surface area contributed by atoms with Crippen LogP contribution in [0.1, 0.15) is 65.7 Å². The van der Waals surface area contributed by atoms with E-state index in [0.29, 0.717) is 13.0 Å². The first kappa shape index (κ1) is 19.8. The van der Waals surface area contributed by atoms with Crippen molar-refractivity contribution in [1.82, 2.24) is 15.5 Å². The first-order chi connectivity index (χ1) is 11.2. The fraction of sp³-hybridized carbons (Fsp3) is 0.889. The zero-order chi connectivity index (χ0) is 16.9. The lowest BCUT2D eigenvalue weighted by atomic mass is 10.0. The number of guanidine groups is 1. The van der Waals surface area contributed by atoms with E-state index in [1.807, 2.05) is 18.7 Å². The molecule has 0 unspecified atom stereocenters. The van der Waals surface area contributed by atoms with Gasteiger partial charge in [0.2, 0.25) is 5.91 Å². The van der Waals surface area contributed by atoms with E-state index in [1.165, 1.54) is 38.5 Å². The molecule has 1 amide bonds. The fourth-order valence-electron chi connectivity index (χ4n) is 3.23. The quantitative estimate of drug-likeness (QED) is 0.369. The molecule has 0 aromatic rings. The average Bonchev–Trinajstić information content (AvgIpc) is 3.06. The van der Waals surface area contributed by atoms with Crippen molar-refractivity contribution in [1.29, 1.82) is 0 Å². The highest BCUT2D eigenvalue weighted by atomic mass is 16.2. The number of amides is 1. The minimum Gasteiger partial charge on any atom is -0.357 e. The Morgan fingerprint density at radius 2 is 1.83 bits per heavy atom. The molecule has 134 valence electrons. The Kier molecular flexibility index (Phi) is 10.5. The summed E-state index contributed by atoms with van der Waals surface area (Å²) >= 11 is 0. The van der Waals surface area contributed by atoms with Crippen LogP contribution >= 0.6 is 0 Å². The summed E-state index contributed by atoms with van der Waals surface area (Å²) in [6, 6.07) is 0. The summed E-state index contributed by atoms with van der Waals surface area (Å²) in [4.78, 5) is 18.5. The van der Waals surface area contributed by atoms with Crippen molar-refractivity contribution in [2.45, 2.75) is 65.7 Å². The first-order valence-corrected chi connectivity index (χ1v) is 9.51. The average molecular weight is 325 g/mol. The Bertz CT molecular complexity index is 347. The van der Waals surface area contributed by atoms with E-state index in [9.17, 15) is 4.79 Å². The Morgan fingerprint density at radius 3 is 2.43 bits per heavy atom. The van der Waals surface area contributed by atoms with Gasteiger partial charge in [-0.15, -0.1) is 0 Å². The van der Waals surface area contributed by atoms with Crippen LogP contribution in [0.3, 0.4) is 0 Å². The van der Waals surface area contributed by atoms with Crippen LogP contribution in [0, 0.1) is 5.92 Å². The zero-order valence-electron chi connectivity index (χ0n) is 15.4. The lowest BCUT2D eigenvalue weighted by molar-refractivity contribution is -0.130. The van der Waals surface area contributed by atoms with Crippen LogP contribution in [-0.4, -0.2) is 49.5 Å². The molecule has 1 aliphatic carbocycles. The summed E-state index contributed by atoms with van der Waals surface area (Å²) < 4.78 is 0. The Balaban J connectivity index is 2.24. The minimum absolute atomic E-state index is 0.208. The van der Waals surface area contributed by atoms with Gasteiger partial charge in [0.15, 0.2) is 5.96 Å². The molecule has 1 saturated carbocycles. The van der Waals surface area contributed by atoms with E-state index in [0.717, 1.165) is 38.1 Å². The Hall–Kier alpha value is -1.26. The summed E-state index contributed by atoms with van der Waals surface area (Å²) in [6.07, 6.45) is 8.65. The number of nitrogens with one attached hydrogen (secondary N) is 2. The second-order valence-electron chi connectivity index (χ2n) is 6.30. The maximum absolute atomic E-state index is 12.0. The Morgan fingerprint density at radius 1 is 1.13 bits per heavy atom. The molecular formula is C18H36N4O. The summed E-state index contributed by atoms with van der Waals surface area (Å²) in [5.41, 5.74) is 0. The van der Waals surface area contributed by atoms with E-state index in [2.05, 4.69) is 22.5 Å². The lowest BCUT2D eigenvalue weighted by Gasteiger charge is -2.19. The lowest BCUT2D eigenvalue weighted by Crippen LogP contribution is -2.40. The van der Waals surface area contributed by atoms with E-state index < -0.39 is 0 Å². The van der Waals surface area contributed by atoms with Crippen molar-refractivity contribution in [2.75, 3.05) is 32.7 Å². The van der Waals surface area contributed by atoms with Crippen LogP contribution in [0.5, 0.6) is 0 Å². The number of aliphatic imine (C=N–C) groups is 1. The van der Waals surface area contributed by atoms with Gasteiger partial charge >= 0.3 is 0 Å². The van der Waals surface area contributed by atoms with Gasteiger partial charge in [-0.25, -0.2) is 0 Å². The Labute approximate surface area is 142 Å². The molecule has 0 aromatic carbocycles. The predicted octanol–water partition coefficient (Wildman–Crippen LogP) is 2.77. The topological polar surface area (TPSA) is 56.7 Å². The van der Waals surface area contributed by atoms with Crippen LogP contribution in [0.25, 0.3) is 0 Å². The molecule has 1 rings (SSSR count). The third-order valence-electron chi connectivity index (χ3n) is 4.61. The summed E-state index contributed by atoms with van der Waals surface area (Å²) in [5, 5.41) is 6.53. The number of rotatable bonds is 10. The molecule has 1 fully saturated rings. The van der Waals surface area contributed by atoms with Gasteiger partial charge in [0.25, 0.3) is 0 Å². The van der Waals surface area contributed by atoms with Crippen LogP contribution in [0.2, 0.25) is 0 Å².